The average molecular weight is 315 g/mol. The van der Waals surface area contributed by atoms with E-state index in [0.717, 1.165) is 31.4 Å². The highest BCUT2D eigenvalue weighted by molar-refractivity contribution is 6.21. The Morgan fingerprint density at radius 3 is 2.57 bits per heavy atom. The van der Waals surface area contributed by atoms with Gasteiger partial charge in [-0.05, 0) is 38.3 Å². The molecule has 2 amide bonds. The molecular formula is C18H21NO4. The number of fused-ring (bicyclic) bond motifs is 1. The molecule has 5 heteroatoms. The van der Waals surface area contributed by atoms with Crippen LogP contribution in [0.15, 0.2) is 35.9 Å². The van der Waals surface area contributed by atoms with Gasteiger partial charge >= 0.3 is 0 Å². The lowest BCUT2D eigenvalue weighted by molar-refractivity contribution is -0.155. The van der Waals surface area contributed by atoms with Gasteiger partial charge in [-0.1, -0.05) is 23.8 Å². The van der Waals surface area contributed by atoms with Gasteiger partial charge in [0.2, 0.25) is 0 Å². The molecule has 3 rings (SSSR count). The van der Waals surface area contributed by atoms with Crippen molar-refractivity contribution in [3.8, 4) is 0 Å². The standard InChI is InChI=1S/C18H21NO4/c1-13(9-11-23-16-8-4-5-10-22-16)12-19-17(20)14-6-2-3-7-15(14)18(19)21/h2-3,6-7,9,16H,4-5,8,10-12H2,1H3/b13-9+. The Hall–Kier alpha value is -1.98. The first-order chi connectivity index (χ1) is 11.2. The van der Waals surface area contributed by atoms with Gasteiger partial charge in [-0.3, -0.25) is 14.5 Å². The molecule has 122 valence electrons. The molecule has 1 saturated heterocycles. The molecule has 0 spiro atoms. The van der Waals surface area contributed by atoms with Crippen LogP contribution in [0.25, 0.3) is 0 Å². The van der Waals surface area contributed by atoms with Crippen molar-refractivity contribution in [3.05, 3.63) is 47.0 Å². The number of hydrogen-bond donors (Lipinski definition) is 0. The van der Waals surface area contributed by atoms with Gasteiger partial charge in [0.25, 0.3) is 11.8 Å². The summed E-state index contributed by atoms with van der Waals surface area (Å²) in [6, 6.07) is 6.93. The number of nitrogens with zero attached hydrogens (tertiary/aromatic N) is 1. The molecule has 1 aromatic carbocycles. The summed E-state index contributed by atoms with van der Waals surface area (Å²) in [5.74, 6) is -0.454. The van der Waals surface area contributed by atoms with Crippen molar-refractivity contribution >= 4 is 11.8 Å². The molecule has 1 atom stereocenters. The van der Waals surface area contributed by atoms with Crippen molar-refractivity contribution in [2.24, 2.45) is 0 Å². The number of imide groups is 1. The van der Waals surface area contributed by atoms with Crippen LogP contribution >= 0.6 is 0 Å². The lowest BCUT2D eigenvalue weighted by Crippen LogP contribution is -2.31. The number of amides is 2. The van der Waals surface area contributed by atoms with E-state index in [0.29, 0.717) is 24.3 Å². The lowest BCUT2D eigenvalue weighted by Gasteiger charge is -2.22. The highest BCUT2D eigenvalue weighted by atomic mass is 16.7. The van der Waals surface area contributed by atoms with E-state index in [2.05, 4.69) is 0 Å². The zero-order valence-electron chi connectivity index (χ0n) is 13.3. The molecule has 1 fully saturated rings. The van der Waals surface area contributed by atoms with E-state index in [1.54, 1.807) is 24.3 Å². The van der Waals surface area contributed by atoms with Gasteiger partial charge in [0, 0.05) is 6.61 Å². The van der Waals surface area contributed by atoms with E-state index in [-0.39, 0.29) is 18.1 Å². The van der Waals surface area contributed by atoms with Crippen molar-refractivity contribution < 1.29 is 19.1 Å². The maximum atomic E-state index is 12.3. The molecule has 0 N–H and O–H groups in total. The summed E-state index contributed by atoms with van der Waals surface area (Å²) in [5, 5.41) is 0. The van der Waals surface area contributed by atoms with Gasteiger partial charge in [-0.15, -0.1) is 0 Å². The Bertz CT molecular complexity index is 597. The fourth-order valence-corrected chi connectivity index (χ4v) is 2.84. The van der Waals surface area contributed by atoms with Crippen LogP contribution in [0.3, 0.4) is 0 Å². The molecule has 0 bridgehead atoms. The van der Waals surface area contributed by atoms with Crippen LogP contribution in [-0.2, 0) is 9.47 Å². The highest BCUT2D eigenvalue weighted by Gasteiger charge is 2.34. The first kappa shape index (κ1) is 15.9. The van der Waals surface area contributed by atoms with Gasteiger partial charge in [-0.25, -0.2) is 0 Å². The summed E-state index contributed by atoms with van der Waals surface area (Å²) >= 11 is 0. The summed E-state index contributed by atoms with van der Waals surface area (Å²) in [5.41, 5.74) is 1.89. The third-order valence-electron chi connectivity index (χ3n) is 4.14. The zero-order valence-corrected chi connectivity index (χ0v) is 13.3. The first-order valence-electron chi connectivity index (χ1n) is 8.01. The molecule has 0 radical (unpaired) electrons. The van der Waals surface area contributed by atoms with Crippen molar-refractivity contribution in [1.29, 1.82) is 0 Å². The Morgan fingerprint density at radius 2 is 1.96 bits per heavy atom. The summed E-state index contributed by atoms with van der Waals surface area (Å²) in [6.07, 6.45) is 4.91. The van der Waals surface area contributed by atoms with Crippen LogP contribution in [0.5, 0.6) is 0 Å². The van der Waals surface area contributed by atoms with Gasteiger partial charge in [-0.2, -0.15) is 0 Å². The van der Waals surface area contributed by atoms with Crippen LogP contribution in [0, 0.1) is 0 Å². The molecule has 1 aromatic rings. The quantitative estimate of drug-likeness (QED) is 0.619. The Balaban J connectivity index is 1.56. The van der Waals surface area contributed by atoms with Gasteiger partial charge in [0.1, 0.15) is 0 Å². The van der Waals surface area contributed by atoms with Crippen LogP contribution < -0.4 is 0 Å². The van der Waals surface area contributed by atoms with E-state index in [1.165, 1.54) is 4.90 Å². The van der Waals surface area contributed by atoms with Crippen LogP contribution in [-0.4, -0.2) is 42.8 Å². The fourth-order valence-electron chi connectivity index (χ4n) is 2.84. The Kier molecular flexibility index (Phi) is 4.88. The molecule has 2 heterocycles. The van der Waals surface area contributed by atoms with Crippen molar-refractivity contribution in [1.82, 2.24) is 4.90 Å². The molecule has 0 aliphatic carbocycles. The third kappa shape index (κ3) is 3.51. The summed E-state index contributed by atoms with van der Waals surface area (Å²) in [4.78, 5) is 25.9. The predicted octanol–water partition coefficient (Wildman–Crippen LogP) is 2.77. The van der Waals surface area contributed by atoms with E-state index in [9.17, 15) is 9.59 Å². The van der Waals surface area contributed by atoms with E-state index < -0.39 is 0 Å². The van der Waals surface area contributed by atoms with Crippen molar-refractivity contribution in [2.75, 3.05) is 19.8 Å². The fraction of sp³-hybridized carbons (Fsp3) is 0.444. The van der Waals surface area contributed by atoms with E-state index in [4.69, 9.17) is 9.47 Å². The summed E-state index contributed by atoms with van der Waals surface area (Å²) < 4.78 is 11.1. The summed E-state index contributed by atoms with van der Waals surface area (Å²) in [7, 11) is 0. The molecule has 1 unspecified atom stereocenters. The van der Waals surface area contributed by atoms with Gasteiger partial charge in [0.15, 0.2) is 6.29 Å². The topological polar surface area (TPSA) is 55.8 Å². The SMILES string of the molecule is C/C(=C\COC1CCCCO1)CN1C(=O)c2ccccc2C1=O. The predicted molar refractivity (Wildman–Crippen MR) is 85.1 cm³/mol. The monoisotopic (exact) mass is 315 g/mol. The maximum Gasteiger partial charge on any atom is 0.261 e. The number of carbonyl (C=O) groups excluding carboxylic acids is 2. The van der Waals surface area contributed by atoms with Crippen molar-refractivity contribution in [3.63, 3.8) is 0 Å². The van der Waals surface area contributed by atoms with Crippen LogP contribution in [0.4, 0.5) is 0 Å². The van der Waals surface area contributed by atoms with Crippen molar-refractivity contribution in [2.45, 2.75) is 32.5 Å². The molecular weight excluding hydrogens is 294 g/mol. The minimum atomic E-state index is -0.227. The second kappa shape index (κ2) is 7.06. The lowest BCUT2D eigenvalue weighted by atomic mass is 10.1. The number of benzene rings is 1. The second-order valence-electron chi connectivity index (χ2n) is 5.92. The smallest absolute Gasteiger partial charge is 0.261 e. The molecule has 0 saturated carbocycles. The highest BCUT2D eigenvalue weighted by Crippen LogP contribution is 2.23. The first-order valence-corrected chi connectivity index (χ1v) is 8.01. The number of hydrogen-bond acceptors (Lipinski definition) is 4. The maximum absolute atomic E-state index is 12.3. The normalized spacial score (nSPS) is 21.7. The van der Waals surface area contributed by atoms with E-state index >= 15 is 0 Å². The number of carbonyl (C=O) groups is 2. The summed E-state index contributed by atoms with van der Waals surface area (Å²) in [6.45, 7) is 3.37. The Morgan fingerprint density at radius 1 is 1.26 bits per heavy atom. The number of ether oxygens (including phenoxy) is 2. The van der Waals surface area contributed by atoms with Gasteiger partial charge in [0.05, 0.1) is 24.3 Å². The van der Waals surface area contributed by atoms with Gasteiger partial charge < -0.3 is 9.47 Å². The van der Waals surface area contributed by atoms with Crippen LogP contribution in [0.1, 0.15) is 46.9 Å². The van der Waals surface area contributed by atoms with Crippen LogP contribution in [0.2, 0.25) is 0 Å². The molecule has 2 aliphatic rings. The average Bonchev–Trinajstić information content (AvgIpc) is 2.81. The minimum Gasteiger partial charge on any atom is -0.353 e. The number of rotatable bonds is 5. The molecule has 2 aliphatic heterocycles. The van der Waals surface area contributed by atoms with E-state index in [1.807, 2.05) is 13.0 Å². The minimum absolute atomic E-state index is 0.132. The zero-order chi connectivity index (χ0) is 16.2. The third-order valence-corrected chi connectivity index (χ3v) is 4.14. The molecule has 0 aromatic heterocycles. The Labute approximate surface area is 135 Å². The molecule has 5 nitrogen and oxygen atoms in total. The largest absolute Gasteiger partial charge is 0.353 e. The second-order valence-corrected chi connectivity index (χ2v) is 5.92. The molecule has 23 heavy (non-hydrogen) atoms.